The molecule has 0 radical (unpaired) electrons. The monoisotopic (exact) mass is 966 g/mol. The van der Waals surface area contributed by atoms with Crippen LogP contribution < -0.4 is 10.1 Å². The van der Waals surface area contributed by atoms with Crippen molar-refractivity contribution in [3.05, 3.63) is 130 Å². The van der Waals surface area contributed by atoms with Gasteiger partial charge in [-0.05, 0) is 78.6 Å². The van der Waals surface area contributed by atoms with Crippen LogP contribution in [0.2, 0.25) is 0 Å². The minimum absolute atomic E-state index is 0.00000112. The van der Waals surface area contributed by atoms with Gasteiger partial charge in [-0.3, -0.25) is 24.0 Å². The number of ether oxygens (including phenoxy) is 3. The number of aromatic nitrogens is 4. The fourth-order valence-corrected chi connectivity index (χ4v) is 10.5. The highest BCUT2D eigenvalue weighted by Gasteiger charge is 2.46. The highest BCUT2D eigenvalue weighted by Crippen LogP contribution is 2.36. The number of hydrogen-bond acceptors (Lipinski definition) is 13. The number of oxime groups is 1. The van der Waals surface area contributed by atoms with Crippen LogP contribution in [0, 0.1) is 12.8 Å². The van der Waals surface area contributed by atoms with E-state index in [1.165, 1.54) is 16.2 Å². The van der Waals surface area contributed by atoms with Gasteiger partial charge in [0.2, 0.25) is 11.8 Å². The zero-order valence-electron chi connectivity index (χ0n) is 39.6. The van der Waals surface area contributed by atoms with Crippen LogP contribution in [0.5, 0.6) is 5.75 Å². The number of aliphatic hydroxyl groups excluding tert-OH is 1. The Balaban J connectivity index is 0.762. The van der Waals surface area contributed by atoms with Crippen molar-refractivity contribution in [1.82, 2.24) is 34.9 Å². The Morgan fingerprint density at radius 3 is 2.46 bits per heavy atom. The average Bonchev–Trinajstić information content (AvgIpc) is 4.23. The Bertz CT molecular complexity index is 2860. The van der Waals surface area contributed by atoms with E-state index in [2.05, 4.69) is 38.8 Å². The molecule has 9 rings (SSSR count). The van der Waals surface area contributed by atoms with E-state index in [1.54, 1.807) is 28.9 Å². The normalized spacial score (nSPS) is 17.4. The fraction of sp³-hybridized carbons (Fsp3) is 0.377. The Morgan fingerprint density at radius 2 is 1.69 bits per heavy atom. The molecule has 3 amide bonds. The summed E-state index contributed by atoms with van der Waals surface area (Å²) in [7, 11) is 0. The zero-order chi connectivity index (χ0) is 48.7. The smallest absolute Gasteiger partial charge is 0.255 e. The number of fused-ring (bicyclic) bond motifs is 2. The first-order valence-electron chi connectivity index (χ1n) is 23.9. The highest BCUT2D eigenvalue weighted by molar-refractivity contribution is 7.13. The summed E-state index contributed by atoms with van der Waals surface area (Å²) in [5.74, 6) is -0.611. The molecular weight excluding hydrogens is 909 g/mol. The minimum atomic E-state index is -0.911. The van der Waals surface area contributed by atoms with E-state index in [-0.39, 0.29) is 43.8 Å². The Hall–Kier alpha value is -6.79. The number of rotatable bonds is 20. The second-order valence-corrected chi connectivity index (χ2v) is 19.1. The second kappa shape index (κ2) is 21.9. The van der Waals surface area contributed by atoms with Crippen molar-refractivity contribution in [3.8, 4) is 38.6 Å². The number of carbonyl (C=O) groups excluding carboxylic acids is 3. The Labute approximate surface area is 410 Å². The molecule has 2 aliphatic heterocycles. The molecule has 1 fully saturated rings. The number of aliphatic hydroxyl groups is 1. The molecule has 5 heterocycles. The molecule has 0 saturated carbocycles. The molecule has 0 unspecified atom stereocenters. The van der Waals surface area contributed by atoms with Gasteiger partial charge in [0, 0.05) is 85.6 Å². The first kappa shape index (κ1) is 48.2. The zero-order valence-corrected chi connectivity index (χ0v) is 40.4. The number of nitrogens with one attached hydrogen (secondary N) is 1. The van der Waals surface area contributed by atoms with Crippen LogP contribution in [-0.2, 0) is 45.1 Å². The standard InChI is InChI=1S/C53H58N8O8S/c1-33(2)49(61-29-40-7-4-5-8-43(40)52(61)64)53(65)60-30-41(62)27-46(60)51(63)55-28-39-10-9-38(50-34(3)56-32-70-50)26-47(39)69-24-23-68-22-21-67-20-6-19-59-31-44(48(57-59)35-15-17-54-18-16-35)37-11-13-42-36(25-37)12-14-45(42)58-66/h4-5,7-11,13,15-18,25-26,31-33,41,46,49,62,66H,6,12,14,19-24,27-30H2,1-3H3,(H,55,63)/b58-45+/t41-,46+,49+/m1/s1. The summed E-state index contributed by atoms with van der Waals surface area (Å²) in [4.78, 5) is 54.3. The maximum absolute atomic E-state index is 14.3. The van der Waals surface area contributed by atoms with Gasteiger partial charge in [0.1, 0.15) is 30.1 Å². The van der Waals surface area contributed by atoms with Gasteiger partial charge in [-0.1, -0.05) is 67.5 Å². The highest BCUT2D eigenvalue weighted by atomic mass is 32.1. The third-order valence-corrected chi connectivity index (χ3v) is 14.2. The van der Waals surface area contributed by atoms with Crippen LogP contribution in [0.15, 0.2) is 102 Å². The molecule has 70 heavy (non-hydrogen) atoms. The van der Waals surface area contributed by atoms with E-state index in [9.17, 15) is 24.7 Å². The number of aryl methyl sites for hydroxylation is 3. The number of carbonyl (C=O) groups is 3. The number of thiazole rings is 1. The van der Waals surface area contributed by atoms with E-state index in [0.717, 1.165) is 85.7 Å². The molecule has 3 aliphatic rings. The molecule has 3 atom stereocenters. The van der Waals surface area contributed by atoms with Crippen molar-refractivity contribution in [2.45, 2.75) is 84.3 Å². The topological polar surface area (TPSA) is 194 Å². The van der Waals surface area contributed by atoms with Crippen molar-refractivity contribution in [1.29, 1.82) is 0 Å². The lowest BCUT2D eigenvalue weighted by Gasteiger charge is -2.35. The van der Waals surface area contributed by atoms with E-state index >= 15 is 0 Å². The van der Waals surface area contributed by atoms with E-state index < -0.39 is 24.1 Å². The molecule has 0 spiro atoms. The molecule has 1 aliphatic carbocycles. The Morgan fingerprint density at radius 1 is 0.900 bits per heavy atom. The maximum Gasteiger partial charge on any atom is 0.255 e. The molecular formula is C53H58N8O8S. The molecule has 364 valence electrons. The van der Waals surface area contributed by atoms with E-state index in [4.69, 9.17) is 19.3 Å². The van der Waals surface area contributed by atoms with Crippen LogP contribution in [0.3, 0.4) is 0 Å². The fourth-order valence-electron chi connectivity index (χ4n) is 9.68. The summed E-state index contributed by atoms with van der Waals surface area (Å²) in [6.07, 6.45) is 7.12. The number of hydrogen-bond donors (Lipinski definition) is 3. The van der Waals surface area contributed by atoms with Crippen LogP contribution in [0.25, 0.3) is 32.8 Å². The molecule has 3 aromatic carbocycles. The van der Waals surface area contributed by atoms with Crippen LogP contribution >= 0.6 is 11.3 Å². The third kappa shape index (κ3) is 10.5. The number of amides is 3. The second-order valence-electron chi connectivity index (χ2n) is 18.2. The number of likely N-dealkylation sites (tertiary alicyclic amines) is 1. The van der Waals surface area contributed by atoms with Crippen molar-refractivity contribution in [2.24, 2.45) is 11.1 Å². The van der Waals surface area contributed by atoms with Gasteiger partial charge in [-0.15, -0.1) is 11.3 Å². The summed E-state index contributed by atoms with van der Waals surface area (Å²) in [6, 6.07) is 21.6. The predicted octanol–water partition coefficient (Wildman–Crippen LogP) is 6.93. The van der Waals surface area contributed by atoms with Crippen molar-refractivity contribution < 1.29 is 38.9 Å². The number of β-amino-alcohol motifs (C(OH)–C–C–N with tert-alkyl or cyclic N) is 1. The molecule has 1 saturated heterocycles. The maximum atomic E-state index is 14.3. The van der Waals surface area contributed by atoms with Gasteiger partial charge < -0.3 is 39.6 Å². The third-order valence-electron chi connectivity index (χ3n) is 13.2. The van der Waals surface area contributed by atoms with Crippen molar-refractivity contribution in [2.75, 3.05) is 39.6 Å². The largest absolute Gasteiger partial charge is 0.491 e. The van der Waals surface area contributed by atoms with Crippen LogP contribution in [-0.4, -0.2) is 121 Å². The molecule has 0 bridgehead atoms. The summed E-state index contributed by atoms with van der Waals surface area (Å²) in [5.41, 5.74) is 12.6. The molecule has 17 heteroatoms. The molecule has 3 N–H and O–H groups in total. The SMILES string of the molecule is Cc1ncsc1-c1ccc(CNC(=O)[C@@H]2C[C@@H](O)CN2C(=O)[C@H](C(C)C)N2Cc3ccccc3C2=O)c(OCCOCCOCCCn2cc(-c3ccc4c(c3)CC/C4=N\O)c(-c3ccncc3)n2)c1. The van der Waals surface area contributed by atoms with E-state index in [1.807, 2.05) is 80.1 Å². The quantitative estimate of drug-likeness (QED) is 0.0408. The van der Waals surface area contributed by atoms with Gasteiger partial charge in [0.25, 0.3) is 5.91 Å². The van der Waals surface area contributed by atoms with E-state index in [0.29, 0.717) is 50.8 Å². The number of pyridine rings is 1. The molecule has 16 nitrogen and oxygen atoms in total. The van der Waals surface area contributed by atoms with Gasteiger partial charge >= 0.3 is 0 Å². The summed E-state index contributed by atoms with van der Waals surface area (Å²) in [6.45, 7) is 8.70. The van der Waals surface area contributed by atoms with Crippen molar-refractivity contribution in [3.63, 3.8) is 0 Å². The summed E-state index contributed by atoms with van der Waals surface area (Å²) >= 11 is 1.53. The molecule has 3 aromatic heterocycles. The predicted molar refractivity (Wildman–Crippen MR) is 264 cm³/mol. The van der Waals surface area contributed by atoms with Gasteiger partial charge in [0.05, 0.1) is 47.7 Å². The molecule has 6 aromatic rings. The first-order chi connectivity index (χ1) is 34.1. The lowest BCUT2D eigenvalue weighted by Crippen LogP contribution is -2.55. The summed E-state index contributed by atoms with van der Waals surface area (Å²) < 4.78 is 20.1. The number of benzene rings is 3. The van der Waals surface area contributed by atoms with Crippen LogP contribution in [0.1, 0.15) is 71.4 Å². The van der Waals surface area contributed by atoms with Gasteiger partial charge in [-0.25, -0.2) is 4.98 Å². The minimum Gasteiger partial charge on any atom is -0.491 e. The lowest BCUT2D eigenvalue weighted by atomic mass is 9.98. The Kier molecular flexibility index (Phi) is 15.1. The van der Waals surface area contributed by atoms with Crippen LogP contribution in [0.4, 0.5) is 0 Å². The number of nitrogens with zero attached hydrogens (tertiary/aromatic N) is 7. The lowest BCUT2D eigenvalue weighted by molar-refractivity contribution is -0.143. The average molecular weight is 967 g/mol. The summed E-state index contributed by atoms with van der Waals surface area (Å²) in [5, 5.41) is 31.6. The van der Waals surface area contributed by atoms with Gasteiger partial charge in [0.15, 0.2) is 0 Å². The van der Waals surface area contributed by atoms with Gasteiger partial charge in [-0.2, -0.15) is 5.10 Å². The van der Waals surface area contributed by atoms with Crippen molar-refractivity contribution >= 4 is 34.8 Å². The first-order valence-corrected chi connectivity index (χ1v) is 24.7.